The van der Waals surface area contributed by atoms with Crippen molar-refractivity contribution in [1.29, 1.82) is 0 Å². The second-order valence-electron chi connectivity index (χ2n) is 10.0. The molecular weight excluding hydrogens is 413 g/mol. The zero-order chi connectivity index (χ0) is 20.7. The predicted octanol–water partition coefficient (Wildman–Crippen LogP) is 7.27. The van der Waals surface area contributed by atoms with Crippen LogP contribution in [0.5, 0.6) is 5.75 Å². The molecule has 2 aromatic carbocycles. The number of benzene rings is 2. The van der Waals surface area contributed by atoms with Gasteiger partial charge in [-0.3, -0.25) is 0 Å². The standard InChI is InChI=1S/C26H31Cl2NO/c1-17(26-12-19-8-20(13-26)10-21(9-19)14-26)29-15-22-11-24(28)6-7-25(22)30-16-18-2-4-23(27)5-3-18/h2-7,11,17,19-21,29H,8-10,12-16H2,1H3/t17-,19?,20?,21?,26?/m1/s1. The summed E-state index contributed by atoms with van der Waals surface area (Å²) >= 11 is 12.3. The van der Waals surface area contributed by atoms with Gasteiger partial charge in [-0.05, 0) is 105 Å². The van der Waals surface area contributed by atoms with Crippen molar-refractivity contribution in [2.75, 3.05) is 0 Å². The lowest BCUT2D eigenvalue weighted by Gasteiger charge is -2.59. The molecule has 6 rings (SSSR count). The molecule has 4 aliphatic carbocycles. The second-order valence-corrected chi connectivity index (χ2v) is 10.9. The van der Waals surface area contributed by atoms with Gasteiger partial charge in [0, 0.05) is 28.2 Å². The van der Waals surface area contributed by atoms with Gasteiger partial charge < -0.3 is 10.1 Å². The van der Waals surface area contributed by atoms with Gasteiger partial charge in [-0.2, -0.15) is 0 Å². The first-order chi connectivity index (χ1) is 14.5. The largest absolute Gasteiger partial charge is 0.489 e. The molecule has 0 unspecified atom stereocenters. The normalized spacial score (nSPS) is 30.4. The fourth-order valence-electron chi connectivity index (χ4n) is 6.76. The van der Waals surface area contributed by atoms with Gasteiger partial charge in [-0.15, -0.1) is 0 Å². The topological polar surface area (TPSA) is 21.3 Å². The van der Waals surface area contributed by atoms with Gasteiger partial charge in [-0.1, -0.05) is 35.3 Å². The van der Waals surface area contributed by atoms with Crippen molar-refractivity contribution in [3.05, 3.63) is 63.6 Å². The van der Waals surface area contributed by atoms with E-state index in [1.807, 2.05) is 42.5 Å². The van der Waals surface area contributed by atoms with E-state index in [1.54, 1.807) is 0 Å². The molecule has 0 heterocycles. The van der Waals surface area contributed by atoms with E-state index in [9.17, 15) is 0 Å². The molecule has 0 aromatic heterocycles. The Bertz CT molecular complexity index is 859. The maximum absolute atomic E-state index is 6.33. The number of nitrogens with one attached hydrogen (secondary N) is 1. The van der Waals surface area contributed by atoms with Crippen molar-refractivity contribution in [3.8, 4) is 5.75 Å². The Morgan fingerprint density at radius 3 is 2.17 bits per heavy atom. The maximum Gasteiger partial charge on any atom is 0.124 e. The molecule has 0 spiro atoms. The number of halogens is 2. The average molecular weight is 444 g/mol. The summed E-state index contributed by atoms with van der Waals surface area (Å²) in [7, 11) is 0. The smallest absolute Gasteiger partial charge is 0.124 e. The number of rotatable bonds is 7. The SMILES string of the molecule is C[C@@H](NCc1cc(Cl)ccc1OCc1ccc(Cl)cc1)C12CC3CC(CC(C3)C1)C2. The van der Waals surface area contributed by atoms with Crippen LogP contribution in [0.15, 0.2) is 42.5 Å². The zero-order valence-electron chi connectivity index (χ0n) is 17.7. The van der Waals surface area contributed by atoms with E-state index in [-0.39, 0.29) is 0 Å². The zero-order valence-corrected chi connectivity index (χ0v) is 19.2. The maximum atomic E-state index is 6.33. The summed E-state index contributed by atoms with van der Waals surface area (Å²) in [6, 6.07) is 14.3. The molecule has 30 heavy (non-hydrogen) atoms. The highest BCUT2D eigenvalue weighted by Gasteiger charge is 2.52. The van der Waals surface area contributed by atoms with Crippen LogP contribution in [0.2, 0.25) is 10.0 Å². The lowest BCUT2D eigenvalue weighted by Crippen LogP contribution is -2.54. The van der Waals surface area contributed by atoms with Crippen LogP contribution in [-0.2, 0) is 13.2 Å². The average Bonchev–Trinajstić information content (AvgIpc) is 2.71. The summed E-state index contributed by atoms with van der Waals surface area (Å²) < 4.78 is 6.16. The Hall–Kier alpha value is -1.22. The molecule has 4 heteroatoms. The van der Waals surface area contributed by atoms with Crippen LogP contribution in [0.1, 0.15) is 56.6 Å². The molecular formula is C26H31Cl2NO. The predicted molar refractivity (Wildman–Crippen MR) is 124 cm³/mol. The molecule has 0 amide bonds. The Balaban J connectivity index is 1.25. The summed E-state index contributed by atoms with van der Waals surface area (Å²) in [5, 5.41) is 5.37. The van der Waals surface area contributed by atoms with E-state index in [0.717, 1.165) is 51.2 Å². The summed E-state index contributed by atoms with van der Waals surface area (Å²) in [6.45, 7) is 3.72. The lowest BCUT2D eigenvalue weighted by molar-refractivity contribution is -0.0706. The van der Waals surface area contributed by atoms with Crippen LogP contribution in [0.25, 0.3) is 0 Å². The van der Waals surface area contributed by atoms with E-state index in [1.165, 1.54) is 38.5 Å². The van der Waals surface area contributed by atoms with E-state index < -0.39 is 0 Å². The Morgan fingerprint density at radius 1 is 0.933 bits per heavy atom. The van der Waals surface area contributed by atoms with Crippen LogP contribution in [0, 0.1) is 23.2 Å². The van der Waals surface area contributed by atoms with Crippen molar-refractivity contribution in [2.45, 2.75) is 64.6 Å². The molecule has 0 radical (unpaired) electrons. The molecule has 4 aliphatic rings. The molecule has 160 valence electrons. The molecule has 0 aliphatic heterocycles. The van der Waals surface area contributed by atoms with Gasteiger partial charge in [0.25, 0.3) is 0 Å². The summed E-state index contributed by atoms with van der Waals surface area (Å²) in [4.78, 5) is 0. The van der Waals surface area contributed by atoms with Crippen LogP contribution in [-0.4, -0.2) is 6.04 Å². The molecule has 1 atom stereocenters. The number of hydrogen-bond donors (Lipinski definition) is 1. The highest BCUT2D eigenvalue weighted by Crippen LogP contribution is 2.61. The first kappa shape index (κ1) is 20.7. The minimum absolute atomic E-state index is 0.498. The van der Waals surface area contributed by atoms with E-state index in [0.29, 0.717) is 18.1 Å². The van der Waals surface area contributed by atoms with Crippen molar-refractivity contribution in [3.63, 3.8) is 0 Å². The van der Waals surface area contributed by atoms with E-state index in [4.69, 9.17) is 27.9 Å². The van der Waals surface area contributed by atoms with Crippen LogP contribution in [0.3, 0.4) is 0 Å². The van der Waals surface area contributed by atoms with Crippen molar-refractivity contribution < 1.29 is 4.74 Å². The van der Waals surface area contributed by atoms with Gasteiger partial charge in [0.05, 0.1) is 0 Å². The Labute approximate surface area is 190 Å². The minimum Gasteiger partial charge on any atom is -0.489 e. The molecule has 0 saturated heterocycles. The third kappa shape index (κ3) is 4.24. The van der Waals surface area contributed by atoms with E-state index in [2.05, 4.69) is 12.2 Å². The van der Waals surface area contributed by atoms with Crippen LogP contribution in [0.4, 0.5) is 0 Å². The molecule has 4 fully saturated rings. The molecule has 2 nitrogen and oxygen atoms in total. The molecule has 4 saturated carbocycles. The number of hydrogen-bond acceptors (Lipinski definition) is 2. The fourth-order valence-corrected chi connectivity index (χ4v) is 7.08. The third-order valence-corrected chi connectivity index (χ3v) is 8.42. The quantitative estimate of drug-likeness (QED) is 0.485. The highest BCUT2D eigenvalue weighted by atomic mass is 35.5. The molecule has 2 aromatic rings. The molecule has 1 N–H and O–H groups in total. The van der Waals surface area contributed by atoms with Gasteiger partial charge in [0.15, 0.2) is 0 Å². The number of ether oxygens (including phenoxy) is 1. The third-order valence-electron chi connectivity index (χ3n) is 7.93. The van der Waals surface area contributed by atoms with Crippen LogP contribution < -0.4 is 10.1 Å². The minimum atomic E-state index is 0.498. The lowest BCUT2D eigenvalue weighted by atomic mass is 9.48. The van der Waals surface area contributed by atoms with Gasteiger partial charge in [0.2, 0.25) is 0 Å². The monoisotopic (exact) mass is 443 g/mol. The summed E-state index contributed by atoms with van der Waals surface area (Å²) in [5.74, 6) is 3.83. The van der Waals surface area contributed by atoms with E-state index >= 15 is 0 Å². The molecule has 4 bridgehead atoms. The van der Waals surface area contributed by atoms with Crippen molar-refractivity contribution in [2.24, 2.45) is 23.2 Å². The fraction of sp³-hybridized carbons (Fsp3) is 0.538. The van der Waals surface area contributed by atoms with Crippen LogP contribution >= 0.6 is 23.2 Å². The van der Waals surface area contributed by atoms with Gasteiger partial charge in [-0.25, -0.2) is 0 Å². The second kappa shape index (κ2) is 8.37. The van der Waals surface area contributed by atoms with Gasteiger partial charge >= 0.3 is 0 Å². The highest BCUT2D eigenvalue weighted by molar-refractivity contribution is 6.30. The first-order valence-electron chi connectivity index (χ1n) is 11.4. The Morgan fingerprint density at radius 2 is 1.53 bits per heavy atom. The Kier molecular flexibility index (Phi) is 5.77. The van der Waals surface area contributed by atoms with Crippen molar-refractivity contribution in [1.82, 2.24) is 5.32 Å². The summed E-state index contributed by atoms with van der Waals surface area (Å²) in [5.41, 5.74) is 2.74. The summed E-state index contributed by atoms with van der Waals surface area (Å²) in [6.07, 6.45) is 8.72. The van der Waals surface area contributed by atoms with Crippen molar-refractivity contribution >= 4 is 23.2 Å². The first-order valence-corrected chi connectivity index (χ1v) is 12.1. The van der Waals surface area contributed by atoms with Gasteiger partial charge in [0.1, 0.15) is 12.4 Å².